The van der Waals surface area contributed by atoms with Crippen molar-refractivity contribution in [3.8, 4) is 11.5 Å². The van der Waals surface area contributed by atoms with Crippen LogP contribution in [0.5, 0.6) is 11.5 Å². The van der Waals surface area contributed by atoms with E-state index in [0.29, 0.717) is 11.5 Å². The number of esters is 2. The van der Waals surface area contributed by atoms with Crippen LogP contribution in [0, 0.1) is 0 Å². The molecule has 2 amide bonds. The second-order valence-corrected chi connectivity index (χ2v) is 10.7. The molecule has 0 aliphatic heterocycles. The van der Waals surface area contributed by atoms with Gasteiger partial charge < -0.3 is 34.3 Å². The molecule has 4 aromatic rings. The summed E-state index contributed by atoms with van der Waals surface area (Å²) in [6, 6.07) is 29.9. The van der Waals surface area contributed by atoms with Gasteiger partial charge in [0.05, 0.1) is 32.2 Å². The van der Waals surface area contributed by atoms with Crippen LogP contribution >= 0.6 is 0 Å². The summed E-state index contributed by atoms with van der Waals surface area (Å²) in [6.45, 7) is -0.255. The molecule has 2 atom stereocenters. The van der Waals surface area contributed by atoms with Gasteiger partial charge in [0, 0.05) is 0 Å². The number of rotatable bonds is 16. The van der Waals surface area contributed by atoms with Gasteiger partial charge in [0.25, 0.3) is 0 Å². The van der Waals surface area contributed by atoms with Crippen LogP contribution < -0.4 is 20.1 Å². The largest absolute Gasteiger partial charge is 0.493 e. The summed E-state index contributed by atoms with van der Waals surface area (Å²) in [5.41, 5.74) is 2.59. The van der Waals surface area contributed by atoms with Gasteiger partial charge in [-0.05, 0) is 41.3 Å². The lowest BCUT2D eigenvalue weighted by atomic mass is 10.1. The molecule has 4 rings (SSSR count). The van der Waals surface area contributed by atoms with Crippen LogP contribution in [0.2, 0.25) is 0 Å². The highest BCUT2D eigenvalue weighted by Crippen LogP contribution is 2.27. The van der Waals surface area contributed by atoms with Crippen LogP contribution in [-0.4, -0.2) is 56.8 Å². The van der Waals surface area contributed by atoms with Gasteiger partial charge in [-0.1, -0.05) is 91.0 Å². The van der Waals surface area contributed by atoms with Crippen molar-refractivity contribution in [3.05, 3.63) is 131 Å². The molecule has 0 heterocycles. The van der Waals surface area contributed by atoms with Gasteiger partial charge >= 0.3 is 18.0 Å². The summed E-state index contributed by atoms with van der Waals surface area (Å²) in [7, 11) is 2.94. The van der Waals surface area contributed by atoms with Crippen molar-refractivity contribution in [2.75, 3.05) is 20.8 Å². The van der Waals surface area contributed by atoms with Gasteiger partial charge in [-0.25, -0.2) is 9.59 Å². The quantitative estimate of drug-likeness (QED) is 0.126. The highest BCUT2D eigenvalue weighted by atomic mass is 16.6. The summed E-state index contributed by atoms with van der Waals surface area (Å²) >= 11 is 0. The molecule has 0 saturated carbocycles. The third-order valence-corrected chi connectivity index (χ3v) is 7.14. The first kappa shape index (κ1) is 35.0. The Kier molecular flexibility index (Phi) is 13.4. The first-order chi connectivity index (χ1) is 23.3. The average molecular weight is 655 g/mol. The van der Waals surface area contributed by atoms with Crippen molar-refractivity contribution >= 4 is 23.9 Å². The highest BCUT2D eigenvalue weighted by molar-refractivity contribution is 5.91. The Balaban J connectivity index is 1.46. The molecule has 0 saturated heterocycles. The Bertz CT molecular complexity index is 1580. The lowest BCUT2D eigenvalue weighted by molar-refractivity contribution is -0.147. The number of carbonyl (C=O) groups is 4. The molecule has 0 unspecified atom stereocenters. The van der Waals surface area contributed by atoms with Crippen molar-refractivity contribution in [2.24, 2.45) is 0 Å². The molecule has 0 radical (unpaired) electrons. The standard InChI is InChI=1S/C37H38N2O9/c1-44-32-19-18-29(21-33(32)45-2)36(42)47-25-30(20-26-12-6-3-7-13-26)38-35(41)31(22-34(40)46-23-27-14-8-4-9-15-27)39-37(43)48-24-28-16-10-5-11-17-28/h3-19,21,30-31H,20,22-25H2,1-2H3,(H,38,41)(H,39,43)/t30-,31-/m0/s1. The summed E-state index contributed by atoms with van der Waals surface area (Å²) in [5, 5.41) is 5.32. The van der Waals surface area contributed by atoms with E-state index in [1.165, 1.54) is 26.4 Å². The van der Waals surface area contributed by atoms with Gasteiger partial charge in [-0.2, -0.15) is 0 Å². The Hall–Kier alpha value is -5.84. The first-order valence-electron chi connectivity index (χ1n) is 15.2. The molecule has 4 aromatic carbocycles. The summed E-state index contributed by atoms with van der Waals surface area (Å²) < 4.78 is 26.8. The molecule has 48 heavy (non-hydrogen) atoms. The monoisotopic (exact) mass is 654 g/mol. The SMILES string of the molecule is COc1ccc(C(=O)OC[C@H](Cc2ccccc2)NC(=O)[C@H](CC(=O)OCc2ccccc2)NC(=O)OCc2ccccc2)cc1OC. The van der Waals surface area contributed by atoms with Crippen LogP contribution in [0.25, 0.3) is 0 Å². The van der Waals surface area contributed by atoms with Crippen LogP contribution in [-0.2, 0) is 43.4 Å². The minimum atomic E-state index is -1.35. The maximum Gasteiger partial charge on any atom is 0.408 e. The lowest BCUT2D eigenvalue weighted by Gasteiger charge is -2.23. The van der Waals surface area contributed by atoms with Gasteiger partial charge in [0.2, 0.25) is 5.91 Å². The van der Waals surface area contributed by atoms with Crippen molar-refractivity contribution in [1.29, 1.82) is 0 Å². The fourth-order valence-electron chi connectivity index (χ4n) is 4.65. The van der Waals surface area contributed by atoms with Crippen LogP contribution in [0.4, 0.5) is 4.79 Å². The maximum absolute atomic E-state index is 13.7. The maximum atomic E-state index is 13.7. The molecule has 0 aliphatic rings. The normalized spacial score (nSPS) is 11.7. The number of hydrogen-bond donors (Lipinski definition) is 2. The molecule has 0 bridgehead atoms. The second kappa shape index (κ2) is 18.3. The Morgan fingerprint density at radius 1 is 0.625 bits per heavy atom. The fraction of sp³-hybridized carbons (Fsp3) is 0.243. The van der Waals surface area contributed by atoms with Gasteiger partial charge in [0.1, 0.15) is 25.9 Å². The molecule has 0 aliphatic carbocycles. The Morgan fingerprint density at radius 2 is 1.19 bits per heavy atom. The molecule has 0 fully saturated rings. The number of alkyl carbamates (subject to hydrolysis) is 1. The number of hydrogen-bond acceptors (Lipinski definition) is 9. The molecule has 11 nitrogen and oxygen atoms in total. The zero-order valence-electron chi connectivity index (χ0n) is 26.8. The molecule has 2 N–H and O–H groups in total. The van der Waals surface area contributed by atoms with Gasteiger partial charge in [0.15, 0.2) is 11.5 Å². The van der Waals surface area contributed by atoms with Crippen molar-refractivity contribution in [3.63, 3.8) is 0 Å². The molecular formula is C37H38N2O9. The minimum Gasteiger partial charge on any atom is -0.493 e. The van der Waals surface area contributed by atoms with E-state index in [9.17, 15) is 19.2 Å². The van der Waals surface area contributed by atoms with E-state index < -0.39 is 42.4 Å². The zero-order valence-corrected chi connectivity index (χ0v) is 26.8. The van der Waals surface area contributed by atoms with E-state index in [1.54, 1.807) is 42.5 Å². The van der Waals surface area contributed by atoms with E-state index in [1.807, 2.05) is 54.6 Å². The predicted molar refractivity (Wildman–Crippen MR) is 176 cm³/mol. The van der Waals surface area contributed by atoms with E-state index in [0.717, 1.165) is 16.7 Å². The second-order valence-electron chi connectivity index (χ2n) is 10.7. The molecule has 0 spiro atoms. The Morgan fingerprint density at radius 3 is 1.77 bits per heavy atom. The van der Waals surface area contributed by atoms with Gasteiger partial charge in [-0.15, -0.1) is 0 Å². The summed E-state index contributed by atoms with van der Waals surface area (Å²) in [6.07, 6.45) is -1.08. The van der Waals surface area contributed by atoms with Crippen molar-refractivity contribution < 1.29 is 42.9 Å². The number of nitrogens with one attached hydrogen (secondary N) is 2. The summed E-state index contributed by atoms with van der Waals surface area (Å²) in [4.78, 5) is 52.3. The average Bonchev–Trinajstić information content (AvgIpc) is 3.12. The lowest BCUT2D eigenvalue weighted by Crippen LogP contribution is -2.52. The number of methoxy groups -OCH3 is 2. The van der Waals surface area contributed by atoms with Crippen LogP contribution in [0.1, 0.15) is 33.5 Å². The van der Waals surface area contributed by atoms with E-state index in [-0.39, 0.29) is 31.8 Å². The number of ether oxygens (including phenoxy) is 5. The molecule has 11 heteroatoms. The third-order valence-electron chi connectivity index (χ3n) is 7.14. The number of carbonyl (C=O) groups excluding carboxylic acids is 4. The zero-order chi connectivity index (χ0) is 34.1. The number of benzene rings is 4. The van der Waals surface area contributed by atoms with E-state index in [4.69, 9.17) is 23.7 Å². The highest BCUT2D eigenvalue weighted by Gasteiger charge is 2.28. The number of amides is 2. The predicted octanol–water partition coefficient (Wildman–Crippen LogP) is 5.02. The smallest absolute Gasteiger partial charge is 0.408 e. The summed E-state index contributed by atoms with van der Waals surface area (Å²) in [5.74, 6) is -1.24. The molecule has 250 valence electrons. The van der Waals surface area contributed by atoms with E-state index in [2.05, 4.69) is 10.6 Å². The van der Waals surface area contributed by atoms with E-state index >= 15 is 0 Å². The van der Waals surface area contributed by atoms with Crippen molar-refractivity contribution in [2.45, 2.75) is 38.1 Å². The topological polar surface area (TPSA) is 138 Å². The molecular weight excluding hydrogens is 616 g/mol. The fourth-order valence-corrected chi connectivity index (χ4v) is 4.65. The third kappa shape index (κ3) is 11.2. The van der Waals surface area contributed by atoms with Crippen LogP contribution in [0.3, 0.4) is 0 Å². The minimum absolute atomic E-state index is 0.00477. The molecule has 0 aromatic heterocycles. The Labute approximate surface area is 279 Å². The first-order valence-corrected chi connectivity index (χ1v) is 15.2. The van der Waals surface area contributed by atoms with Crippen LogP contribution in [0.15, 0.2) is 109 Å². The van der Waals surface area contributed by atoms with Gasteiger partial charge in [-0.3, -0.25) is 9.59 Å². The van der Waals surface area contributed by atoms with Crippen molar-refractivity contribution in [1.82, 2.24) is 10.6 Å².